The Bertz CT molecular complexity index is 574. The smallest absolute Gasteiger partial charge is 0.128 e. The molecule has 0 aliphatic heterocycles. The van der Waals surface area contributed by atoms with Gasteiger partial charge in [0.2, 0.25) is 0 Å². The average molecular weight is 258 g/mol. The van der Waals surface area contributed by atoms with E-state index < -0.39 is 0 Å². The summed E-state index contributed by atoms with van der Waals surface area (Å²) in [7, 11) is 0. The Kier molecular flexibility index (Phi) is 3.38. The summed E-state index contributed by atoms with van der Waals surface area (Å²) in [6, 6.07) is 7.08. The van der Waals surface area contributed by atoms with Crippen LogP contribution in [0.3, 0.4) is 0 Å². The van der Waals surface area contributed by atoms with Gasteiger partial charge in [0.25, 0.3) is 0 Å². The Balaban J connectivity index is 1.87. The summed E-state index contributed by atoms with van der Waals surface area (Å²) in [5, 5.41) is 0. The molecule has 1 unspecified atom stereocenters. The molecule has 0 radical (unpaired) electrons. The summed E-state index contributed by atoms with van der Waals surface area (Å²) < 4.78 is 15.7. The van der Waals surface area contributed by atoms with Gasteiger partial charge < -0.3 is 10.3 Å². The molecule has 100 valence electrons. The van der Waals surface area contributed by atoms with Crippen LogP contribution in [-0.2, 0) is 13.0 Å². The number of nitrogens with zero attached hydrogens (tertiary/aromatic N) is 1. The molecule has 0 saturated heterocycles. The molecule has 2 N–H and O–H groups in total. The lowest BCUT2D eigenvalue weighted by molar-refractivity contribution is 0.594. The van der Waals surface area contributed by atoms with Crippen molar-refractivity contribution in [3.63, 3.8) is 0 Å². The lowest BCUT2D eigenvalue weighted by Gasteiger charge is -2.08. The SMILES string of the molecule is NC1CCCCc2cn(Cc3ccccc3F)cc21. The van der Waals surface area contributed by atoms with Crippen LogP contribution in [-0.4, -0.2) is 4.57 Å². The standard InChI is InChI=1S/C16H19FN2/c17-15-7-3-1-6-13(15)10-19-9-12-5-2-4-8-16(18)14(12)11-19/h1,3,6-7,9,11,16H,2,4-5,8,10,18H2. The number of rotatable bonds is 2. The van der Waals surface area contributed by atoms with Gasteiger partial charge in [-0.15, -0.1) is 0 Å². The third-order valence-electron chi connectivity index (χ3n) is 3.92. The van der Waals surface area contributed by atoms with E-state index in [1.54, 1.807) is 6.07 Å². The summed E-state index contributed by atoms with van der Waals surface area (Å²) in [6.07, 6.45) is 8.77. The zero-order valence-corrected chi connectivity index (χ0v) is 11.0. The topological polar surface area (TPSA) is 30.9 Å². The molecule has 0 fully saturated rings. The molecule has 0 saturated carbocycles. The second-order valence-corrected chi connectivity index (χ2v) is 5.35. The van der Waals surface area contributed by atoms with Gasteiger partial charge in [0, 0.05) is 30.5 Å². The molecule has 1 heterocycles. The Morgan fingerprint density at radius 2 is 2.05 bits per heavy atom. The van der Waals surface area contributed by atoms with Gasteiger partial charge in [-0.1, -0.05) is 24.6 Å². The summed E-state index contributed by atoms with van der Waals surface area (Å²) in [4.78, 5) is 0. The van der Waals surface area contributed by atoms with Crippen molar-refractivity contribution in [2.24, 2.45) is 5.73 Å². The normalized spacial score (nSPS) is 18.9. The molecule has 1 aromatic heterocycles. The summed E-state index contributed by atoms with van der Waals surface area (Å²) in [5.41, 5.74) is 9.50. The van der Waals surface area contributed by atoms with Crippen LogP contribution in [0.15, 0.2) is 36.7 Å². The van der Waals surface area contributed by atoms with E-state index in [9.17, 15) is 4.39 Å². The van der Waals surface area contributed by atoms with Crippen LogP contribution < -0.4 is 5.73 Å². The maximum Gasteiger partial charge on any atom is 0.128 e. The van der Waals surface area contributed by atoms with Gasteiger partial charge in [-0.2, -0.15) is 0 Å². The second kappa shape index (κ2) is 5.17. The lowest BCUT2D eigenvalue weighted by Crippen LogP contribution is -2.09. The minimum Gasteiger partial charge on any atom is -0.349 e. The van der Waals surface area contributed by atoms with E-state index in [2.05, 4.69) is 17.0 Å². The molecule has 3 rings (SSSR count). The van der Waals surface area contributed by atoms with E-state index in [0.717, 1.165) is 18.4 Å². The van der Waals surface area contributed by atoms with E-state index in [4.69, 9.17) is 5.73 Å². The van der Waals surface area contributed by atoms with Gasteiger partial charge in [-0.05, 0) is 36.5 Å². The Morgan fingerprint density at radius 1 is 1.21 bits per heavy atom. The predicted octanol–water partition coefficient (Wildman–Crippen LogP) is 3.40. The van der Waals surface area contributed by atoms with Crippen molar-refractivity contribution in [1.29, 1.82) is 0 Å². The highest BCUT2D eigenvalue weighted by atomic mass is 19.1. The number of aromatic nitrogens is 1. The van der Waals surface area contributed by atoms with Gasteiger partial charge in [-0.25, -0.2) is 4.39 Å². The second-order valence-electron chi connectivity index (χ2n) is 5.35. The van der Waals surface area contributed by atoms with Crippen molar-refractivity contribution < 1.29 is 4.39 Å². The summed E-state index contributed by atoms with van der Waals surface area (Å²) in [5.74, 6) is -0.143. The van der Waals surface area contributed by atoms with Crippen LogP contribution >= 0.6 is 0 Å². The Labute approximate surface area is 113 Å². The number of hydrogen-bond donors (Lipinski definition) is 1. The van der Waals surface area contributed by atoms with Crippen LogP contribution in [0.4, 0.5) is 4.39 Å². The van der Waals surface area contributed by atoms with Gasteiger partial charge >= 0.3 is 0 Å². The fourth-order valence-corrected chi connectivity index (χ4v) is 2.87. The molecule has 0 bridgehead atoms. The number of aryl methyl sites for hydroxylation is 1. The summed E-state index contributed by atoms with van der Waals surface area (Å²) in [6.45, 7) is 0.576. The maximum atomic E-state index is 13.7. The molecular weight excluding hydrogens is 239 g/mol. The van der Waals surface area contributed by atoms with Gasteiger partial charge in [0.15, 0.2) is 0 Å². The van der Waals surface area contributed by atoms with Gasteiger partial charge in [0.1, 0.15) is 5.82 Å². The third kappa shape index (κ3) is 2.56. The molecule has 1 atom stereocenters. The molecule has 19 heavy (non-hydrogen) atoms. The van der Waals surface area contributed by atoms with Crippen molar-refractivity contribution in [1.82, 2.24) is 4.57 Å². The van der Waals surface area contributed by atoms with Crippen molar-refractivity contribution in [2.75, 3.05) is 0 Å². The fourth-order valence-electron chi connectivity index (χ4n) is 2.87. The number of benzene rings is 1. The molecule has 3 heteroatoms. The fraction of sp³-hybridized carbons (Fsp3) is 0.375. The first-order valence-electron chi connectivity index (χ1n) is 6.91. The Hall–Kier alpha value is -1.61. The lowest BCUT2D eigenvalue weighted by atomic mass is 10.1. The van der Waals surface area contributed by atoms with Crippen LogP contribution in [0.1, 0.15) is 42.0 Å². The molecule has 0 amide bonds. The quantitative estimate of drug-likeness (QED) is 0.822. The van der Waals surface area contributed by atoms with Crippen LogP contribution in [0.25, 0.3) is 0 Å². The molecule has 1 aliphatic rings. The van der Waals surface area contributed by atoms with Crippen molar-refractivity contribution >= 4 is 0 Å². The van der Waals surface area contributed by atoms with Gasteiger partial charge in [-0.3, -0.25) is 0 Å². The van der Waals surface area contributed by atoms with E-state index in [1.165, 1.54) is 30.0 Å². The molecule has 2 nitrogen and oxygen atoms in total. The zero-order valence-electron chi connectivity index (χ0n) is 11.0. The van der Waals surface area contributed by atoms with Crippen LogP contribution in [0.2, 0.25) is 0 Å². The Morgan fingerprint density at radius 3 is 2.89 bits per heavy atom. The first-order chi connectivity index (χ1) is 9.24. The minimum atomic E-state index is -0.143. The molecule has 1 aliphatic carbocycles. The number of halogens is 1. The van der Waals surface area contributed by atoms with E-state index in [0.29, 0.717) is 6.54 Å². The predicted molar refractivity (Wildman–Crippen MR) is 74.4 cm³/mol. The van der Waals surface area contributed by atoms with E-state index >= 15 is 0 Å². The first-order valence-corrected chi connectivity index (χ1v) is 6.91. The highest BCUT2D eigenvalue weighted by Crippen LogP contribution is 2.28. The monoisotopic (exact) mass is 258 g/mol. The van der Waals surface area contributed by atoms with E-state index in [1.807, 2.05) is 12.1 Å². The third-order valence-corrected chi connectivity index (χ3v) is 3.92. The molecular formula is C16H19FN2. The van der Waals surface area contributed by atoms with Crippen molar-refractivity contribution in [3.8, 4) is 0 Å². The highest BCUT2D eigenvalue weighted by molar-refractivity contribution is 5.30. The highest BCUT2D eigenvalue weighted by Gasteiger charge is 2.17. The largest absolute Gasteiger partial charge is 0.349 e. The molecule has 2 aromatic rings. The van der Waals surface area contributed by atoms with Crippen LogP contribution in [0.5, 0.6) is 0 Å². The first kappa shape index (κ1) is 12.4. The molecule has 0 spiro atoms. The van der Waals surface area contributed by atoms with Crippen LogP contribution in [0, 0.1) is 5.82 Å². The average Bonchev–Trinajstić information content (AvgIpc) is 2.73. The van der Waals surface area contributed by atoms with Gasteiger partial charge in [0.05, 0.1) is 0 Å². The number of hydrogen-bond acceptors (Lipinski definition) is 1. The minimum absolute atomic E-state index is 0.138. The summed E-state index contributed by atoms with van der Waals surface area (Å²) >= 11 is 0. The van der Waals surface area contributed by atoms with Crippen molar-refractivity contribution in [2.45, 2.75) is 38.3 Å². The number of nitrogens with two attached hydrogens (primary N) is 1. The maximum absolute atomic E-state index is 13.7. The van der Waals surface area contributed by atoms with Crippen molar-refractivity contribution in [3.05, 3.63) is 59.2 Å². The number of fused-ring (bicyclic) bond motifs is 1. The van der Waals surface area contributed by atoms with E-state index in [-0.39, 0.29) is 11.9 Å². The zero-order chi connectivity index (χ0) is 13.2. The molecule has 1 aromatic carbocycles.